The van der Waals surface area contributed by atoms with Crippen molar-refractivity contribution in [2.45, 2.75) is 51.7 Å². The van der Waals surface area contributed by atoms with E-state index in [4.69, 9.17) is 9.29 Å². The Morgan fingerprint density at radius 3 is 2.41 bits per heavy atom. The summed E-state index contributed by atoms with van der Waals surface area (Å²) >= 11 is 0.202. The molecule has 5 N–H and O–H groups in total. The molecular weight excluding hydrogens is 434 g/mol. The first kappa shape index (κ1) is 29.9. The molecule has 0 spiro atoms. The molecule has 3 amide bonds. The Bertz CT molecular complexity index is 645. The fourth-order valence-corrected chi connectivity index (χ4v) is 2.96. The van der Waals surface area contributed by atoms with Crippen molar-refractivity contribution in [3.8, 4) is 0 Å². The lowest BCUT2D eigenvalue weighted by Crippen LogP contribution is -2.46. The van der Waals surface area contributed by atoms with Crippen molar-refractivity contribution < 1.29 is 28.8 Å². The van der Waals surface area contributed by atoms with Gasteiger partial charge in [-0.1, -0.05) is 51.1 Å². The van der Waals surface area contributed by atoms with Gasteiger partial charge in [-0.05, 0) is 24.3 Å². The van der Waals surface area contributed by atoms with E-state index in [1.807, 2.05) is 30.3 Å². The molecule has 182 valence electrons. The van der Waals surface area contributed by atoms with Gasteiger partial charge in [0, 0.05) is 31.6 Å². The lowest BCUT2D eigenvalue weighted by atomic mass is 9.98. The smallest absolute Gasteiger partial charge is 0.239 e. The highest BCUT2D eigenvalue weighted by molar-refractivity contribution is 7.94. The van der Waals surface area contributed by atoms with E-state index in [-0.39, 0.29) is 36.8 Å². The van der Waals surface area contributed by atoms with Crippen LogP contribution in [0.3, 0.4) is 0 Å². The van der Waals surface area contributed by atoms with Crippen LogP contribution in [-0.2, 0) is 25.7 Å². The Morgan fingerprint density at radius 2 is 1.94 bits per heavy atom. The lowest BCUT2D eigenvalue weighted by molar-refractivity contribution is -0.125. The van der Waals surface area contributed by atoms with Crippen molar-refractivity contribution in [1.82, 2.24) is 16.0 Å². The van der Waals surface area contributed by atoms with Crippen LogP contribution in [0.4, 0.5) is 0 Å². The highest BCUT2D eigenvalue weighted by Gasteiger charge is 2.31. The number of aliphatic hydroxyl groups is 1. The van der Waals surface area contributed by atoms with E-state index in [1.165, 1.54) is 5.56 Å². The van der Waals surface area contributed by atoms with Crippen LogP contribution in [0.1, 0.15) is 39.2 Å². The van der Waals surface area contributed by atoms with Gasteiger partial charge in [-0.3, -0.25) is 14.4 Å². The summed E-state index contributed by atoms with van der Waals surface area (Å²) in [7, 11) is 1.70. The molecule has 9 nitrogen and oxygen atoms in total. The van der Waals surface area contributed by atoms with Gasteiger partial charge in [0.15, 0.2) is 0 Å². The van der Waals surface area contributed by atoms with Crippen LogP contribution in [0.5, 0.6) is 0 Å². The summed E-state index contributed by atoms with van der Waals surface area (Å²) < 4.78 is 13.8. The number of rotatable bonds is 10. The number of amides is 3. The molecule has 1 aliphatic heterocycles. The molecule has 0 radical (unpaired) electrons. The topological polar surface area (TPSA) is 137 Å². The molecule has 1 aliphatic rings. The molecule has 1 saturated heterocycles. The van der Waals surface area contributed by atoms with E-state index in [9.17, 15) is 19.5 Å². The van der Waals surface area contributed by atoms with Gasteiger partial charge < -0.3 is 30.3 Å². The van der Waals surface area contributed by atoms with Gasteiger partial charge in [-0.25, -0.2) is 0 Å². The molecule has 0 bridgehead atoms. The van der Waals surface area contributed by atoms with E-state index >= 15 is 0 Å². The number of methoxy groups -OCH3 is 1. The number of nitrogens with one attached hydrogen (secondary N) is 3. The van der Waals surface area contributed by atoms with E-state index in [2.05, 4.69) is 36.7 Å². The zero-order valence-corrected chi connectivity index (χ0v) is 20.1. The fraction of sp³-hybridized carbons (Fsp3) is 0.591. The van der Waals surface area contributed by atoms with E-state index in [1.54, 1.807) is 7.11 Å². The number of hydrogen-bond acceptors (Lipinski definition) is 7. The van der Waals surface area contributed by atoms with Crippen molar-refractivity contribution in [1.29, 1.82) is 0 Å². The van der Waals surface area contributed by atoms with Crippen LogP contribution in [-0.4, -0.2) is 59.6 Å². The summed E-state index contributed by atoms with van der Waals surface area (Å²) in [6.45, 7) is 7.56. The predicted molar refractivity (Wildman–Crippen MR) is 126 cm³/mol. The molecule has 10 heteroatoms. The van der Waals surface area contributed by atoms with Crippen molar-refractivity contribution in [3.05, 3.63) is 35.9 Å². The summed E-state index contributed by atoms with van der Waals surface area (Å²) in [4.78, 5) is 33.0. The third kappa shape index (κ3) is 14.8. The van der Waals surface area contributed by atoms with Gasteiger partial charge in [0.05, 0.1) is 19.2 Å². The van der Waals surface area contributed by atoms with Gasteiger partial charge >= 0.3 is 0 Å². The van der Waals surface area contributed by atoms with Crippen LogP contribution < -0.4 is 16.0 Å². The Labute approximate surface area is 194 Å². The summed E-state index contributed by atoms with van der Waals surface area (Å²) in [5.74, 6) is -0.0878. The second-order valence-corrected chi connectivity index (χ2v) is 8.53. The maximum Gasteiger partial charge on any atom is 0.239 e. The average Bonchev–Trinajstić information content (AvgIpc) is 3.16. The van der Waals surface area contributed by atoms with Gasteiger partial charge in [0.25, 0.3) is 0 Å². The van der Waals surface area contributed by atoms with Gasteiger partial charge in [0.2, 0.25) is 18.2 Å². The molecular formula is C22H37N3O6S. The lowest BCUT2D eigenvalue weighted by Gasteiger charge is -2.23. The monoisotopic (exact) mass is 471 g/mol. The van der Waals surface area contributed by atoms with Crippen molar-refractivity contribution >= 4 is 30.3 Å². The van der Waals surface area contributed by atoms with Gasteiger partial charge in [-0.15, -0.1) is 0 Å². The number of hydrogen-bond donors (Lipinski definition) is 5. The SMILES string of the molecule is CC(C)C.COCc1ccccc1.O=CNCC(=O)NC(CC1CCNC1=O)C(O)SO. The number of carbonyl (C=O) groups excluding carboxylic acids is 3. The van der Waals surface area contributed by atoms with Crippen LogP contribution in [0.25, 0.3) is 0 Å². The van der Waals surface area contributed by atoms with Crippen LogP contribution in [0.2, 0.25) is 0 Å². The summed E-state index contributed by atoms with van der Waals surface area (Å²) in [5.41, 5.74) is -0.00594. The van der Waals surface area contributed by atoms with Gasteiger partial charge in [0.1, 0.15) is 5.44 Å². The highest BCUT2D eigenvalue weighted by Crippen LogP contribution is 2.20. The Balaban J connectivity index is 0.000000608. The number of aliphatic hydroxyl groups excluding tert-OH is 1. The third-order valence-corrected chi connectivity index (χ3v) is 4.54. The zero-order valence-electron chi connectivity index (χ0n) is 19.2. The standard InChI is InChI=1S/C10H17N3O5S.C8H10O.C4H10/c14-5-11-4-8(15)13-7(10(17)19-18)3-6-1-2-12-9(6)16;1-9-7-8-5-3-2-4-6-8;1-4(2)3/h5-7,10,17-18H,1-4H2,(H,11,14)(H,12,16)(H,13,15);2-6H,7H2,1H3;4H,1-3H3. The minimum absolute atomic E-state index is 0.125. The summed E-state index contributed by atoms with van der Waals surface area (Å²) in [6, 6.07) is 9.35. The molecule has 3 atom stereocenters. The van der Waals surface area contributed by atoms with Crippen molar-refractivity contribution in [3.63, 3.8) is 0 Å². The first-order valence-corrected chi connectivity index (χ1v) is 11.3. The molecule has 1 heterocycles. The molecule has 1 fully saturated rings. The minimum Gasteiger partial charge on any atom is -0.380 e. The molecule has 1 aromatic carbocycles. The van der Waals surface area contributed by atoms with E-state index in [0.29, 0.717) is 26.0 Å². The van der Waals surface area contributed by atoms with Gasteiger partial charge in [-0.2, -0.15) is 0 Å². The first-order chi connectivity index (χ1) is 15.2. The van der Waals surface area contributed by atoms with E-state index < -0.39 is 17.4 Å². The molecule has 0 saturated carbocycles. The number of carbonyl (C=O) groups is 3. The normalized spacial score (nSPS) is 16.5. The predicted octanol–water partition coefficient (Wildman–Crippen LogP) is 1.76. The fourth-order valence-electron chi connectivity index (χ4n) is 2.63. The maximum atomic E-state index is 11.5. The molecule has 32 heavy (non-hydrogen) atoms. The molecule has 0 aliphatic carbocycles. The summed E-state index contributed by atoms with van der Waals surface area (Å²) in [6.07, 6.45) is 1.24. The Hall–Kier alpha value is -2.14. The van der Waals surface area contributed by atoms with Crippen LogP contribution in [0.15, 0.2) is 30.3 Å². The average molecular weight is 472 g/mol. The second kappa shape index (κ2) is 18.4. The van der Waals surface area contributed by atoms with Crippen LogP contribution >= 0.6 is 12.0 Å². The van der Waals surface area contributed by atoms with Crippen LogP contribution in [0, 0.1) is 11.8 Å². The Kier molecular flexibility index (Phi) is 17.2. The molecule has 2 rings (SSSR count). The zero-order chi connectivity index (χ0) is 24.4. The maximum absolute atomic E-state index is 11.5. The highest BCUT2D eigenvalue weighted by atomic mass is 32.2. The molecule has 3 unspecified atom stereocenters. The third-order valence-electron chi connectivity index (χ3n) is 4.00. The number of benzene rings is 1. The van der Waals surface area contributed by atoms with E-state index in [0.717, 1.165) is 5.92 Å². The van der Waals surface area contributed by atoms with Crippen molar-refractivity contribution in [2.24, 2.45) is 11.8 Å². The largest absolute Gasteiger partial charge is 0.380 e. The molecule has 0 aromatic heterocycles. The quantitative estimate of drug-likeness (QED) is 0.199. The first-order valence-electron chi connectivity index (χ1n) is 10.5. The number of ether oxygens (including phenoxy) is 1. The molecule has 1 aromatic rings. The van der Waals surface area contributed by atoms with Crippen molar-refractivity contribution in [2.75, 3.05) is 20.2 Å². The second-order valence-electron chi connectivity index (χ2n) is 7.83. The Morgan fingerprint density at radius 1 is 1.31 bits per heavy atom. The minimum atomic E-state index is -1.23. The summed E-state index contributed by atoms with van der Waals surface area (Å²) in [5, 5.41) is 16.9.